The topological polar surface area (TPSA) is 35.5 Å². The van der Waals surface area contributed by atoms with Gasteiger partial charge in [-0.25, -0.2) is 4.79 Å². The van der Waals surface area contributed by atoms with Crippen LogP contribution in [0.3, 0.4) is 0 Å². The molecule has 3 nitrogen and oxygen atoms in total. The van der Waals surface area contributed by atoms with Gasteiger partial charge in [-0.3, -0.25) is 0 Å². The third-order valence-electron chi connectivity index (χ3n) is 4.43. The minimum atomic E-state index is -0.361. The summed E-state index contributed by atoms with van der Waals surface area (Å²) in [5, 5.41) is 0. The molecule has 0 spiro atoms. The zero-order valence-electron chi connectivity index (χ0n) is 15.5. The Morgan fingerprint density at radius 3 is 1.77 bits per heavy atom. The first kappa shape index (κ1) is 17.7. The van der Waals surface area contributed by atoms with E-state index in [1.165, 1.54) is 5.56 Å². The molecular weight excluding hydrogens is 324 g/mol. The monoisotopic (exact) mass is 346 g/mol. The summed E-state index contributed by atoms with van der Waals surface area (Å²) >= 11 is 0. The summed E-state index contributed by atoms with van der Waals surface area (Å²) in [6, 6.07) is 18.8. The molecule has 0 saturated carbocycles. The van der Waals surface area contributed by atoms with Crippen molar-refractivity contribution in [3.63, 3.8) is 0 Å². The zero-order chi connectivity index (χ0) is 18.7. The van der Waals surface area contributed by atoms with Gasteiger partial charge in [0.1, 0.15) is 17.2 Å². The van der Waals surface area contributed by atoms with E-state index in [0.29, 0.717) is 11.3 Å². The Morgan fingerprint density at radius 1 is 0.654 bits per heavy atom. The van der Waals surface area contributed by atoms with Crippen molar-refractivity contribution in [1.82, 2.24) is 0 Å². The highest BCUT2D eigenvalue weighted by molar-refractivity contribution is 5.91. The minimum Gasteiger partial charge on any atom is -0.457 e. The molecule has 132 valence electrons. The smallest absolute Gasteiger partial charge is 0.343 e. The van der Waals surface area contributed by atoms with Crippen LogP contribution in [0.2, 0.25) is 0 Å². The van der Waals surface area contributed by atoms with E-state index in [0.717, 1.165) is 28.2 Å². The summed E-state index contributed by atoms with van der Waals surface area (Å²) in [6.07, 6.45) is 0. The SMILES string of the molecule is Cc1ccc(Oc2ccc(OC(=O)c3ccc(C)cc3)c(C)c2C)cc1. The Kier molecular flexibility index (Phi) is 5.08. The van der Waals surface area contributed by atoms with Gasteiger partial charge >= 0.3 is 5.97 Å². The first-order valence-corrected chi connectivity index (χ1v) is 8.57. The van der Waals surface area contributed by atoms with Crippen molar-refractivity contribution >= 4 is 5.97 Å². The first-order valence-electron chi connectivity index (χ1n) is 8.57. The number of esters is 1. The van der Waals surface area contributed by atoms with E-state index < -0.39 is 0 Å². The van der Waals surface area contributed by atoms with Crippen molar-refractivity contribution in [3.8, 4) is 17.2 Å². The average Bonchev–Trinajstić information content (AvgIpc) is 2.63. The standard InChI is InChI=1S/C23H22O3/c1-15-5-9-19(10-6-15)23(24)26-22-14-13-21(17(3)18(22)4)25-20-11-7-16(2)8-12-20/h5-14H,1-4H3. The lowest BCUT2D eigenvalue weighted by molar-refractivity contribution is 0.0733. The molecule has 3 rings (SSSR count). The summed E-state index contributed by atoms with van der Waals surface area (Å²) in [6.45, 7) is 7.91. The Balaban J connectivity index is 1.79. The molecule has 3 aromatic carbocycles. The maximum Gasteiger partial charge on any atom is 0.343 e. The Labute approximate surface area is 154 Å². The Morgan fingerprint density at radius 2 is 1.15 bits per heavy atom. The van der Waals surface area contributed by atoms with Crippen molar-refractivity contribution in [3.05, 3.63) is 88.5 Å². The number of benzene rings is 3. The molecule has 0 aromatic heterocycles. The lowest BCUT2D eigenvalue weighted by Gasteiger charge is -2.14. The summed E-state index contributed by atoms with van der Waals surface area (Å²) in [5.41, 5.74) is 4.65. The summed E-state index contributed by atoms with van der Waals surface area (Å²) in [7, 11) is 0. The highest BCUT2D eigenvalue weighted by atomic mass is 16.5. The summed E-state index contributed by atoms with van der Waals surface area (Å²) < 4.78 is 11.5. The third-order valence-corrected chi connectivity index (χ3v) is 4.43. The van der Waals surface area contributed by atoms with E-state index in [9.17, 15) is 4.79 Å². The predicted molar refractivity (Wildman–Crippen MR) is 103 cm³/mol. The molecule has 0 bridgehead atoms. The van der Waals surface area contributed by atoms with Crippen LogP contribution in [0.15, 0.2) is 60.7 Å². The quantitative estimate of drug-likeness (QED) is 0.434. The highest BCUT2D eigenvalue weighted by Gasteiger charge is 2.14. The van der Waals surface area contributed by atoms with Crippen LogP contribution < -0.4 is 9.47 Å². The molecule has 0 aliphatic rings. The fourth-order valence-corrected chi connectivity index (χ4v) is 2.57. The van der Waals surface area contributed by atoms with E-state index in [1.54, 1.807) is 18.2 Å². The summed E-state index contributed by atoms with van der Waals surface area (Å²) in [5.74, 6) is 1.72. The van der Waals surface area contributed by atoms with Gasteiger partial charge < -0.3 is 9.47 Å². The largest absolute Gasteiger partial charge is 0.457 e. The molecule has 0 amide bonds. The molecule has 0 unspecified atom stereocenters. The van der Waals surface area contributed by atoms with Crippen molar-refractivity contribution in [2.24, 2.45) is 0 Å². The van der Waals surface area contributed by atoms with Crippen LogP contribution in [-0.2, 0) is 0 Å². The third kappa shape index (κ3) is 3.94. The van der Waals surface area contributed by atoms with E-state index >= 15 is 0 Å². The van der Waals surface area contributed by atoms with Crippen LogP contribution in [0.5, 0.6) is 17.2 Å². The number of hydrogen-bond acceptors (Lipinski definition) is 3. The molecule has 3 aromatic rings. The van der Waals surface area contributed by atoms with E-state index in [-0.39, 0.29) is 5.97 Å². The first-order chi connectivity index (χ1) is 12.4. The second-order valence-corrected chi connectivity index (χ2v) is 6.48. The molecular formula is C23H22O3. The fraction of sp³-hybridized carbons (Fsp3) is 0.174. The van der Waals surface area contributed by atoms with Crippen LogP contribution in [0, 0.1) is 27.7 Å². The van der Waals surface area contributed by atoms with Crippen LogP contribution in [0.1, 0.15) is 32.6 Å². The van der Waals surface area contributed by atoms with Crippen molar-refractivity contribution < 1.29 is 14.3 Å². The number of rotatable bonds is 4. The number of carbonyl (C=O) groups is 1. The van der Waals surface area contributed by atoms with E-state index in [4.69, 9.17) is 9.47 Å². The van der Waals surface area contributed by atoms with Gasteiger partial charge in [0.25, 0.3) is 0 Å². The Bertz CT molecular complexity index is 923. The van der Waals surface area contributed by atoms with Crippen molar-refractivity contribution in [1.29, 1.82) is 0 Å². The van der Waals surface area contributed by atoms with Crippen LogP contribution in [-0.4, -0.2) is 5.97 Å². The zero-order valence-corrected chi connectivity index (χ0v) is 15.5. The minimum absolute atomic E-state index is 0.361. The lowest BCUT2D eigenvalue weighted by Crippen LogP contribution is -2.09. The fourth-order valence-electron chi connectivity index (χ4n) is 2.57. The number of aryl methyl sites for hydroxylation is 2. The normalized spacial score (nSPS) is 10.5. The maximum atomic E-state index is 12.3. The van der Waals surface area contributed by atoms with Crippen molar-refractivity contribution in [2.45, 2.75) is 27.7 Å². The number of ether oxygens (including phenoxy) is 2. The second kappa shape index (κ2) is 7.44. The Hall–Kier alpha value is -3.07. The molecule has 0 N–H and O–H groups in total. The van der Waals surface area contributed by atoms with Crippen molar-refractivity contribution in [2.75, 3.05) is 0 Å². The van der Waals surface area contributed by atoms with Gasteiger partial charge in [0.2, 0.25) is 0 Å². The van der Waals surface area contributed by atoms with Gasteiger partial charge in [-0.1, -0.05) is 35.4 Å². The van der Waals surface area contributed by atoms with Crippen LogP contribution in [0.25, 0.3) is 0 Å². The van der Waals surface area contributed by atoms with Gasteiger partial charge in [-0.05, 0) is 75.2 Å². The molecule has 26 heavy (non-hydrogen) atoms. The van der Waals surface area contributed by atoms with Gasteiger partial charge in [0.15, 0.2) is 0 Å². The maximum absolute atomic E-state index is 12.3. The molecule has 0 aliphatic heterocycles. The molecule has 0 heterocycles. The second-order valence-electron chi connectivity index (χ2n) is 6.48. The number of carbonyl (C=O) groups excluding carboxylic acids is 1. The van der Waals surface area contributed by atoms with E-state index in [1.807, 2.05) is 70.2 Å². The summed E-state index contributed by atoms with van der Waals surface area (Å²) in [4.78, 5) is 12.3. The number of hydrogen-bond donors (Lipinski definition) is 0. The van der Waals surface area contributed by atoms with Gasteiger partial charge in [-0.2, -0.15) is 0 Å². The molecule has 0 saturated heterocycles. The predicted octanol–water partition coefficient (Wildman–Crippen LogP) is 5.93. The molecule has 0 aliphatic carbocycles. The van der Waals surface area contributed by atoms with E-state index in [2.05, 4.69) is 0 Å². The highest BCUT2D eigenvalue weighted by Crippen LogP contribution is 2.32. The van der Waals surface area contributed by atoms with Crippen LogP contribution in [0.4, 0.5) is 0 Å². The van der Waals surface area contributed by atoms with Gasteiger partial charge in [-0.15, -0.1) is 0 Å². The molecule has 0 fully saturated rings. The molecule has 0 atom stereocenters. The van der Waals surface area contributed by atoms with Crippen LogP contribution >= 0.6 is 0 Å². The molecule has 0 radical (unpaired) electrons. The average molecular weight is 346 g/mol. The lowest BCUT2D eigenvalue weighted by atomic mass is 10.1. The van der Waals surface area contributed by atoms with Gasteiger partial charge in [0, 0.05) is 0 Å². The molecule has 3 heteroatoms. The van der Waals surface area contributed by atoms with Gasteiger partial charge in [0.05, 0.1) is 5.56 Å².